The summed E-state index contributed by atoms with van der Waals surface area (Å²) < 4.78 is 26.0. The number of rotatable bonds is 0. The fraction of sp³-hybridized carbons (Fsp3) is 0.125. The molecule has 0 fully saturated rings. The van der Waals surface area contributed by atoms with Gasteiger partial charge in [-0.05, 0) is 57.4 Å². The lowest BCUT2D eigenvalue weighted by Crippen LogP contribution is -2.40. The smallest absolute Gasteiger partial charge is 0.201 e. The molecule has 1 spiro atoms. The van der Waals surface area contributed by atoms with Crippen molar-refractivity contribution in [3.8, 4) is 23.0 Å². The highest BCUT2D eigenvalue weighted by molar-refractivity contribution is 6.07. The van der Waals surface area contributed by atoms with Crippen LogP contribution in [0.2, 0.25) is 0 Å². The molecule has 0 saturated carbocycles. The molecule has 3 aliphatic heterocycles. The fourth-order valence-electron chi connectivity index (χ4n) is 6.57. The first-order valence-corrected chi connectivity index (χ1v) is 12.4. The number of fused-ring (bicyclic) bond motifs is 10. The number of ether oxygens (including phenoxy) is 4. The van der Waals surface area contributed by atoms with E-state index < -0.39 is 5.60 Å². The zero-order chi connectivity index (χ0) is 23.4. The highest BCUT2D eigenvalue weighted by Crippen LogP contribution is 2.66. The van der Waals surface area contributed by atoms with E-state index in [0.29, 0.717) is 13.2 Å². The number of hydrogen-bond acceptors (Lipinski definition) is 4. The van der Waals surface area contributed by atoms with Gasteiger partial charge in [0.25, 0.3) is 0 Å². The summed E-state index contributed by atoms with van der Waals surface area (Å²) in [4.78, 5) is 0. The van der Waals surface area contributed by atoms with Crippen LogP contribution in [0.4, 0.5) is 0 Å². The van der Waals surface area contributed by atoms with Gasteiger partial charge in [-0.3, -0.25) is 0 Å². The second-order valence-corrected chi connectivity index (χ2v) is 9.84. The van der Waals surface area contributed by atoms with Gasteiger partial charge in [0.2, 0.25) is 5.60 Å². The second kappa shape index (κ2) is 6.41. The summed E-state index contributed by atoms with van der Waals surface area (Å²) in [6.07, 6.45) is 1.94. The van der Waals surface area contributed by atoms with Crippen LogP contribution in [0, 0.1) is 0 Å². The van der Waals surface area contributed by atoms with Crippen molar-refractivity contribution in [3.05, 3.63) is 107 Å². The summed E-state index contributed by atoms with van der Waals surface area (Å²) in [5.74, 6) is 3.29. The van der Waals surface area contributed by atoms with E-state index in [2.05, 4.69) is 91.0 Å². The number of hydrogen-bond donors (Lipinski definition) is 0. The van der Waals surface area contributed by atoms with E-state index in [1.807, 2.05) is 0 Å². The Labute approximate surface area is 207 Å². The van der Waals surface area contributed by atoms with Crippen molar-refractivity contribution in [1.82, 2.24) is 0 Å². The van der Waals surface area contributed by atoms with E-state index in [-0.39, 0.29) is 6.10 Å². The van der Waals surface area contributed by atoms with Crippen LogP contribution in [-0.4, -0.2) is 13.2 Å². The van der Waals surface area contributed by atoms with Gasteiger partial charge in [-0.25, -0.2) is 0 Å². The quantitative estimate of drug-likeness (QED) is 0.244. The van der Waals surface area contributed by atoms with E-state index >= 15 is 0 Å². The largest absolute Gasteiger partial charge is 0.486 e. The molecular formula is C32H20O4. The van der Waals surface area contributed by atoms with Gasteiger partial charge in [0.15, 0.2) is 17.6 Å². The zero-order valence-corrected chi connectivity index (χ0v) is 19.3. The van der Waals surface area contributed by atoms with Crippen molar-refractivity contribution in [2.45, 2.75) is 11.7 Å². The first kappa shape index (κ1) is 18.8. The topological polar surface area (TPSA) is 36.9 Å². The van der Waals surface area contributed by atoms with Crippen LogP contribution in [-0.2, 0) is 5.60 Å². The Balaban J connectivity index is 1.40. The van der Waals surface area contributed by atoms with Gasteiger partial charge in [0.1, 0.15) is 24.7 Å². The summed E-state index contributed by atoms with van der Waals surface area (Å²) in [5, 5.41) is 4.67. The molecule has 0 radical (unpaired) electrons. The Morgan fingerprint density at radius 2 is 1.36 bits per heavy atom. The minimum absolute atomic E-state index is 0.331. The Morgan fingerprint density at radius 3 is 2.19 bits per heavy atom. The first-order valence-electron chi connectivity index (χ1n) is 12.4. The minimum atomic E-state index is -0.811. The average Bonchev–Trinajstić information content (AvgIpc) is 3.44. The van der Waals surface area contributed by atoms with Gasteiger partial charge < -0.3 is 18.9 Å². The second-order valence-electron chi connectivity index (χ2n) is 9.84. The molecule has 4 aliphatic rings. The molecule has 5 aromatic rings. The predicted octanol–water partition coefficient (Wildman–Crippen LogP) is 7.04. The molecule has 5 aromatic carbocycles. The highest BCUT2D eigenvalue weighted by Gasteiger charge is 2.61. The first-order chi connectivity index (χ1) is 17.8. The lowest BCUT2D eigenvalue weighted by molar-refractivity contribution is 0.0237. The molecular weight excluding hydrogens is 448 g/mol. The third-order valence-corrected chi connectivity index (χ3v) is 8.05. The van der Waals surface area contributed by atoms with Gasteiger partial charge in [-0.1, -0.05) is 60.7 Å². The van der Waals surface area contributed by atoms with Crippen molar-refractivity contribution < 1.29 is 18.9 Å². The number of benzene rings is 5. The predicted molar refractivity (Wildman–Crippen MR) is 139 cm³/mol. The van der Waals surface area contributed by atoms with E-state index in [0.717, 1.165) is 61.6 Å². The summed E-state index contributed by atoms with van der Waals surface area (Å²) in [5.41, 5.74) is 4.65. The highest BCUT2D eigenvalue weighted by atomic mass is 16.6. The lowest BCUT2D eigenvalue weighted by atomic mass is 9.76. The fourth-order valence-corrected chi connectivity index (χ4v) is 6.57. The molecule has 0 saturated heterocycles. The maximum Gasteiger partial charge on any atom is 0.201 e. The van der Waals surface area contributed by atoms with Gasteiger partial charge >= 0.3 is 0 Å². The molecule has 9 rings (SSSR count). The van der Waals surface area contributed by atoms with Gasteiger partial charge in [-0.15, -0.1) is 0 Å². The molecule has 2 atom stereocenters. The monoisotopic (exact) mass is 468 g/mol. The van der Waals surface area contributed by atoms with Crippen LogP contribution < -0.4 is 18.9 Å². The van der Waals surface area contributed by atoms with Crippen LogP contribution in [0.15, 0.2) is 84.9 Å². The molecule has 0 unspecified atom stereocenters. The molecule has 0 N–H and O–H groups in total. The Bertz CT molecular complexity index is 1820. The third kappa shape index (κ3) is 2.16. The molecule has 4 nitrogen and oxygen atoms in total. The van der Waals surface area contributed by atoms with Gasteiger partial charge in [0, 0.05) is 22.3 Å². The van der Waals surface area contributed by atoms with E-state index in [9.17, 15) is 0 Å². The van der Waals surface area contributed by atoms with Crippen LogP contribution in [0.25, 0.3) is 33.2 Å². The van der Waals surface area contributed by atoms with Crippen molar-refractivity contribution in [3.63, 3.8) is 0 Å². The van der Waals surface area contributed by atoms with E-state index in [4.69, 9.17) is 18.9 Å². The van der Waals surface area contributed by atoms with E-state index in [1.54, 1.807) is 0 Å². The van der Waals surface area contributed by atoms with Crippen molar-refractivity contribution in [1.29, 1.82) is 0 Å². The molecule has 4 heteroatoms. The normalized spacial score (nSPS) is 22.0. The summed E-state index contributed by atoms with van der Waals surface area (Å²) in [6.45, 7) is 1.10. The summed E-state index contributed by atoms with van der Waals surface area (Å²) in [7, 11) is 0. The van der Waals surface area contributed by atoms with Crippen molar-refractivity contribution in [2.24, 2.45) is 0 Å². The molecule has 1 aliphatic carbocycles. The third-order valence-electron chi connectivity index (χ3n) is 8.05. The molecule has 0 aromatic heterocycles. The van der Waals surface area contributed by atoms with Gasteiger partial charge in [-0.2, -0.15) is 0 Å². The van der Waals surface area contributed by atoms with E-state index in [1.165, 1.54) is 10.8 Å². The molecule has 3 heterocycles. The average molecular weight is 469 g/mol. The molecule has 0 bridgehead atoms. The van der Waals surface area contributed by atoms with Crippen molar-refractivity contribution >= 4 is 33.2 Å². The maximum atomic E-state index is 7.06. The van der Waals surface area contributed by atoms with Gasteiger partial charge in [0.05, 0.1) is 0 Å². The minimum Gasteiger partial charge on any atom is -0.486 e. The molecule has 36 heavy (non-hydrogen) atoms. The van der Waals surface area contributed by atoms with Crippen LogP contribution in [0.5, 0.6) is 23.0 Å². The molecule has 0 amide bonds. The van der Waals surface area contributed by atoms with Crippen molar-refractivity contribution in [2.75, 3.05) is 13.2 Å². The standard InChI is InChI=1S/C32H20O4/c1-3-7-21-18(5-1)9-11-25-29(21)24-15-20-16-27-28(34-14-13-33-27)17-23(20)32(24)31(35-25)30-22-8-4-2-6-19(22)10-12-26(30)36-32/h1-12,15-17,31H,13-14H2/t31-,32-/m1/s1. The SMILES string of the molecule is C1=C2c3c(ccc4ccccc34)O[C@@H]3c4c(ccc5ccccc45)O[C@]23c2cc3c(cc21)OCCO3. The van der Waals surface area contributed by atoms with Crippen LogP contribution in [0.1, 0.15) is 28.4 Å². The summed E-state index contributed by atoms with van der Waals surface area (Å²) >= 11 is 0. The zero-order valence-electron chi connectivity index (χ0n) is 19.3. The summed E-state index contributed by atoms with van der Waals surface area (Å²) in [6, 6.07) is 29.6. The molecule has 172 valence electrons. The maximum absolute atomic E-state index is 7.06. The lowest BCUT2D eigenvalue weighted by Gasteiger charge is -2.40. The Kier molecular flexibility index (Phi) is 3.35. The van der Waals surface area contributed by atoms with Crippen LogP contribution in [0.3, 0.4) is 0 Å². The Hall–Kier alpha value is -4.44. The van der Waals surface area contributed by atoms with Crippen LogP contribution >= 0.6 is 0 Å². The Morgan fingerprint density at radius 1 is 0.667 bits per heavy atom.